The Bertz CT molecular complexity index is 1260. The number of nitrogens with one attached hydrogen (secondary N) is 1. The zero-order valence-corrected chi connectivity index (χ0v) is 19.9. The first-order valence-electron chi connectivity index (χ1n) is 11.9. The smallest absolute Gasteiger partial charge is 0.270 e. The average Bonchev–Trinajstić information content (AvgIpc) is 3.11. The van der Waals surface area contributed by atoms with Crippen molar-refractivity contribution in [2.75, 3.05) is 57.5 Å². The fourth-order valence-electron chi connectivity index (χ4n) is 5.64. The molecule has 7 rings (SSSR count). The first-order valence-corrected chi connectivity index (χ1v) is 11.9. The SMILES string of the molecule is CN1CCN(c2ccc(Nc3ncc4cc(C(=O)N(C)C)n(C56CC(C5)C6)c4n3)cc2F)CC1. The van der Waals surface area contributed by atoms with Crippen LogP contribution < -0.4 is 10.2 Å². The van der Waals surface area contributed by atoms with Gasteiger partial charge in [-0.15, -0.1) is 0 Å². The normalized spacial score (nSPS) is 24.0. The maximum absolute atomic E-state index is 15.0. The van der Waals surface area contributed by atoms with Gasteiger partial charge in [-0.05, 0) is 56.5 Å². The molecule has 0 unspecified atom stereocenters. The molecule has 1 amide bonds. The number of likely N-dealkylation sites (N-methyl/N-ethyl adjacent to an activating group) is 1. The highest BCUT2D eigenvalue weighted by Crippen LogP contribution is 2.63. The number of anilines is 3. The second kappa shape index (κ2) is 7.66. The van der Waals surface area contributed by atoms with E-state index in [0.717, 1.165) is 62.4 Å². The second-order valence-corrected chi connectivity index (χ2v) is 10.3. The number of fused-ring (bicyclic) bond motifs is 1. The van der Waals surface area contributed by atoms with Crippen LogP contribution in [0, 0.1) is 11.7 Å². The average molecular weight is 464 g/mol. The highest BCUT2D eigenvalue weighted by molar-refractivity contribution is 5.98. The monoisotopic (exact) mass is 463 g/mol. The zero-order valence-electron chi connectivity index (χ0n) is 19.9. The number of hydrogen-bond acceptors (Lipinski definition) is 6. The van der Waals surface area contributed by atoms with E-state index in [0.29, 0.717) is 23.0 Å². The summed E-state index contributed by atoms with van der Waals surface area (Å²) in [5, 5.41) is 4.01. The lowest BCUT2D eigenvalue weighted by molar-refractivity contribution is -0.0870. The van der Waals surface area contributed by atoms with E-state index >= 15 is 0 Å². The molecule has 0 atom stereocenters. The molecule has 3 heterocycles. The van der Waals surface area contributed by atoms with Crippen molar-refractivity contribution >= 4 is 34.3 Å². The third kappa shape index (κ3) is 3.33. The number of rotatable bonds is 5. The summed E-state index contributed by atoms with van der Waals surface area (Å²) in [4.78, 5) is 28.1. The number of hydrogen-bond donors (Lipinski definition) is 1. The highest BCUT2D eigenvalue weighted by atomic mass is 19.1. The fraction of sp³-hybridized carbons (Fsp3) is 0.480. The molecule has 9 heteroatoms. The number of piperazine rings is 1. The van der Waals surface area contributed by atoms with Crippen LogP contribution >= 0.6 is 0 Å². The van der Waals surface area contributed by atoms with Gasteiger partial charge < -0.3 is 24.6 Å². The lowest BCUT2D eigenvalue weighted by atomic mass is 9.49. The van der Waals surface area contributed by atoms with Gasteiger partial charge in [-0.3, -0.25) is 4.79 Å². The van der Waals surface area contributed by atoms with E-state index in [1.165, 1.54) is 6.07 Å². The molecule has 4 aliphatic rings. The van der Waals surface area contributed by atoms with Crippen LogP contribution in [0.2, 0.25) is 0 Å². The van der Waals surface area contributed by atoms with Crippen LogP contribution in [-0.2, 0) is 5.54 Å². The summed E-state index contributed by atoms with van der Waals surface area (Å²) in [6.07, 6.45) is 5.02. The quantitative estimate of drug-likeness (QED) is 0.626. The van der Waals surface area contributed by atoms with Gasteiger partial charge in [0, 0.05) is 63.1 Å². The van der Waals surface area contributed by atoms with E-state index in [-0.39, 0.29) is 17.3 Å². The minimum absolute atomic E-state index is 0.00465. The minimum Gasteiger partial charge on any atom is -0.367 e. The van der Waals surface area contributed by atoms with Crippen molar-refractivity contribution in [3.05, 3.63) is 42.0 Å². The lowest BCUT2D eigenvalue weighted by Crippen LogP contribution is -2.60. The van der Waals surface area contributed by atoms with Gasteiger partial charge in [0.05, 0.1) is 5.69 Å². The van der Waals surface area contributed by atoms with Crippen molar-refractivity contribution in [3.63, 3.8) is 0 Å². The Labute approximate surface area is 198 Å². The number of carbonyl (C=O) groups is 1. The minimum atomic E-state index is -0.258. The van der Waals surface area contributed by atoms with Crippen molar-refractivity contribution in [3.8, 4) is 0 Å². The molecular weight excluding hydrogens is 433 g/mol. The summed E-state index contributed by atoms with van der Waals surface area (Å²) in [6.45, 7) is 3.47. The molecule has 178 valence electrons. The summed E-state index contributed by atoms with van der Waals surface area (Å²) >= 11 is 0. The third-order valence-corrected chi connectivity index (χ3v) is 7.69. The Morgan fingerprint density at radius 1 is 1.15 bits per heavy atom. The summed E-state index contributed by atoms with van der Waals surface area (Å²) in [7, 11) is 5.62. The van der Waals surface area contributed by atoms with Crippen molar-refractivity contribution in [1.82, 2.24) is 24.3 Å². The Morgan fingerprint density at radius 3 is 2.50 bits per heavy atom. The van der Waals surface area contributed by atoms with E-state index in [2.05, 4.69) is 31.7 Å². The van der Waals surface area contributed by atoms with Crippen molar-refractivity contribution < 1.29 is 9.18 Å². The number of aromatic nitrogens is 3. The van der Waals surface area contributed by atoms with Crippen LogP contribution in [0.3, 0.4) is 0 Å². The van der Waals surface area contributed by atoms with Crippen LogP contribution in [0.25, 0.3) is 11.0 Å². The molecule has 8 nitrogen and oxygen atoms in total. The number of benzene rings is 1. The maximum Gasteiger partial charge on any atom is 0.270 e. The van der Waals surface area contributed by atoms with Crippen molar-refractivity contribution in [2.24, 2.45) is 5.92 Å². The van der Waals surface area contributed by atoms with Crippen molar-refractivity contribution in [1.29, 1.82) is 0 Å². The Morgan fingerprint density at radius 2 is 1.88 bits per heavy atom. The van der Waals surface area contributed by atoms with Crippen LogP contribution in [-0.4, -0.2) is 77.6 Å². The van der Waals surface area contributed by atoms with Crippen LogP contribution in [0.5, 0.6) is 0 Å². The van der Waals surface area contributed by atoms with Gasteiger partial charge in [0.1, 0.15) is 17.2 Å². The first kappa shape index (κ1) is 21.3. The van der Waals surface area contributed by atoms with Gasteiger partial charge in [-0.25, -0.2) is 9.37 Å². The van der Waals surface area contributed by atoms with Gasteiger partial charge in [0.15, 0.2) is 0 Å². The van der Waals surface area contributed by atoms with Gasteiger partial charge >= 0.3 is 0 Å². The molecule has 0 spiro atoms. The first-order chi connectivity index (χ1) is 16.3. The molecular formula is C25H30FN7O. The molecule has 0 radical (unpaired) electrons. The number of halogens is 1. The molecule has 1 aromatic carbocycles. The van der Waals surface area contributed by atoms with Gasteiger partial charge in [-0.1, -0.05) is 0 Å². The predicted molar refractivity (Wildman–Crippen MR) is 130 cm³/mol. The highest BCUT2D eigenvalue weighted by Gasteiger charge is 2.59. The van der Waals surface area contributed by atoms with Gasteiger partial charge in [0.25, 0.3) is 5.91 Å². The van der Waals surface area contributed by atoms with Crippen LogP contribution in [0.15, 0.2) is 30.5 Å². The maximum atomic E-state index is 15.0. The lowest BCUT2D eigenvalue weighted by Gasteiger charge is -2.62. The molecule has 3 aliphatic carbocycles. The Balaban J connectivity index is 1.30. The van der Waals surface area contributed by atoms with E-state index in [1.54, 1.807) is 25.2 Å². The topological polar surface area (TPSA) is 69.5 Å². The largest absolute Gasteiger partial charge is 0.367 e. The molecule has 4 fully saturated rings. The van der Waals surface area contributed by atoms with E-state index < -0.39 is 0 Å². The fourth-order valence-corrected chi connectivity index (χ4v) is 5.64. The Kier molecular flexibility index (Phi) is 4.81. The number of carbonyl (C=O) groups excluding carboxylic acids is 1. The summed E-state index contributed by atoms with van der Waals surface area (Å²) < 4.78 is 17.1. The number of amides is 1. The summed E-state index contributed by atoms with van der Waals surface area (Å²) in [5.74, 6) is 0.876. The molecule has 1 saturated heterocycles. The standard InChI is InChI=1S/C25H30FN7O/c1-30(2)23(34)21-10-17-15-27-24(29-22(17)33(21)25-12-16(13-25)14-25)28-18-4-5-20(19(26)11-18)32-8-6-31(3)7-9-32/h4-5,10-11,15-16H,6-9,12-14H2,1-3H3,(H,27,28,29). The van der Waals surface area contributed by atoms with E-state index in [9.17, 15) is 9.18 Å². The van der Waals surface area contributed by atoms with E-state index in [4.69, 9.17) is 4.98 Å². The molecule has 2 aromatic heterocycles. The van der Waals surface area contributed by atoms with Crippen LogP contribution in [0.4, 0.5) is 21.7 Å². The summed E-state index contributed by atoms with van der Waals surface area (Å²) in [5.41, 5.74) is 2.64. The third-order valence-electron chi connectivity index (χ3n) is 7.69. The predicted octanol–water partition coefficient (Wildman–Crippen LogP) is 3.28. The van der Waals surface area contributed by atoms with Gasteiger partial charge in [-0.2, -0.15) is 4.98 Å². The molecule has 1 aliphatic heterocycles. The molecule has 3 saturated carbocycles. The van der Waals surface area contributed by atoms with Gasteiger partial charge in [0.2, 0.25) is 5.95 Å². The van der Waals surface area contributed by atoms with Crippen molar-refractivity contribution in [2.45, 2.75) is 24.8 Å². The van der Waals surface area contributed by atoms with E-state index in [1.807, 2.05) is 18.2 Å². The molecule has 3 aromatic rings. The number of nitrogens with zero attached hydrogens (tertiary/aromatic N) is 6. The molecule has 34 heavy (non-hydrogen) atoms. The second-order valence-electron chi connectivity index (χ2n) is 10.3. The molecule has 2 bridgehead atoms. The van der Waals surface area contributed by atoms with Crippen LogP contribution in [0.1, 0.15) is 29.8 Å². The zero-order chi connectivity index (χ0) is 23.6. The summed E-state index contributed by atoms with van der Waals surface area (Å²) in [6, 6.07) is 7.08. The molecule has 1 N–H and O–H groups in total. The Hall–Kier alpha value is -3.20.